The van der Waals surface area contributed by atoms with E-state index in [9.17, 15) is 20.4 Å². The molecule has 0 spiro atoms. The molecule has 0 amide bonds. The lowest BCUT2D eigenvalue weighted by Crippen LogP contribution is -2.49. The fourth-order valence-electron chi connectivity index (χ4n) is 2.32. The third kappa shape index (κ3) is 10.5. The molecule has 0 radical (unpaired) electrons. The van der Waals surface area contributed by atoms with Crippen molar-refractivity contribution in [2.45, 2.75) is 82.7 Å². The summed E-state index contributed by atoms with van der Waals surface area (Å²) in [6.07, 6.45) is 4.20. The summed E-state index contributed by atoms with van der Waals surface area (Å²) in [4.78, 5) is 0. The second-order valence-electron chi connectivity index (χ2n) is 5.98. The number of nitrogens with one attached hydrogen (secondary N) is 1. The van der Waals surface area contributed by atoms with Crippen molar-refractivity contribution in [3.05, 3.63) is 0 Å². The molecule has 134 valence electrons. The largest absolute Gasteiger partial charge is 0.394 e. The van der Waals surface area contributed by atoms with E-state index in [2.05, 4.69) is 12.2 Å². The Hall–Kier alpha value is -0.240. The first-order valence-electron chi connectivity index (χ1n) is 8.58. The third-order valence-corrected chi connectivity index (χ3v) is 3.89. The second-order valence-corrected chi connectivity index (χ2v) is 5.98. The number of hydrogen-bond donors (Lipinski definition) is 6. The van der Waals surface area contributed by atoms with Crippen molar-refractivity contribution in [1.29, 1.82) is 0 Å². The van der Waals surface area contributed by atoms with E-state index in [1.54, 1.807) is 0 Å². The highest BCUT2D eigenvalue weighted by atomic mass is 16.4. The van der Waals surface area contributed by atoms with E-state index < -0.39 is 31.0 Å². The SMILES string of the molecule is CCCCCCCCCCNC[C@@H](O)[C@@H](O)[C@H](O)[C@H](O)CO. The zero-order valence-electron chi connectivity index (χ0n) is 13.8. The maximum atomic E-state index is 9.69. The van der Waals surface area contributed by atoms with Gasteiger partial charge in [0.1, 0.15) is 18.3 Å². The van der Waals surface area contributed by atoms with Crippen LogP contribution in [0.3, 0.4) is 0 Å². The maximum Gasteiger partial charge on any atom is 0.111 e. The van der Waals surface area contributed by atoms with E-state index in [0.29, 0.717) is 0 Å². The van der Waals surface area contributed by atoms with Crippen molar-refractivity contribution in [1.82, 2.24) is 5.32 Å². The Bertz CT molecular complexity index is 243. The van der Waals surface area contributed by atoms with Gasteiger partial charge in [-0.25, -0.2) is 0 Å². The molecule has 22 heavy (non-hydrogen) atoms. The molecular formula is C16H35NO5. The van der Waals surface area contributed by atoms with Crippen LogP contribution in [0.25, 0.3) is 0 Å². The lowest BCUT2D eigenvalue weighted by Gasteiger charge is -2.25. The highest BCUT2D eigenvalue weighted by molar-refractivity contribution is 4.81. The van der Waals surface area contributed by atoms with Crippen LogP contribution >= 0.6 is 0 Å². The van der Waals surface area contributed by atoms with Crippen LogP contribution in [0.2, 0.25) is 0 Å². The van der Waals surface area contributed by atoms with Gasteiger partial charge in [0.2, 0.25) is 0 Å². The molecule has 0 heterocycles. The van der Waals surface area contributed by atoms with E-state index in [-0.39, 0.29) is 6.54 Å². The smallest absolute Gasteiger partial charge is 0.111 e. The predicted molar refractivity (Wildman–Crippen MR) is 86.6 cm³/mol. The zero-order chi connectivity index (χ0) is 16.8. The van der Waals surface area contributed by atoms with Gasteiger partial charge < -0.3 is 30.8 Å². The Morgan fingerprint density at radius 3 is 1.77 bits per heavy atom. The van der Waals surface area contributed by atoms with Gasteiger partial charge in [0.05, 0.1) is 12.7 Å². The molecule has 6 N–H and O–H groups in total. The summed E-state index contributed by atoms with van der Waals surface area (Å²) in [5.74, 6) is 0. The average molecular weight is 321 g/mol. The summed E-state index contributed by atoms with van der Waals surface area (Å²) in [5, 5.41) is 49.7. The van der Waals surface area contributed by atoms with Gasteiger partial charge in [-0.3, -0.25) is 0 Å². The van der Waals surface area contributed by atoms with Crippen molar-refractivity contribution in [2.24, 2.45) is 0 Å². The molecule has 0 aliphatic rings. The molecule has 0 saturated carbocycles. The number of hydrogen-bond acceptors (Lipinski definition) is 6. The molecule has 6 heteroatoms. The highest BCUT2D eigenvalue weighted by Crippen LogP contribution is 2.08. The Kier molecular flexibility index (Phi) is 14.2. The standard InChI is InChI=1S/C16H35NO5/c1-2-3-4-5-6-7-8-9-10-17-11-13(19)15(21)16(22)14(20)12-18/h13-22H,2-12H2,1H3/t13-,14-,15-,16-/m1/s1. The van der Waals surface area contributed by atoms with E-state index >= 15 is 0 Å². The van der Waals surface area contributed by atoms with Crippen molar-refractivity contribution in [2.75, 3.05) is 19.7 Å². The molecule has 0 bridgehead atoms. The van der Waals surface area contributed by atoms with Crippen LogP contribution < -0.4 is 5.32 Å². The van der Waals surface area contributed by atoms with Crippen LogP contribution in [0, 0.1) is 0 Å². The second kappa shape index (κ2) is 14.4. The minimum atomic E-state index is -1.55. The lowest BCUT2D eigenvalue weighted by molar-refractivity contribution is -0.113. The fraction of sp³-hybridized carbons (Fsp3) is 1.00. The van der Waals surface area contributed by atoms with E-state index in [1.807, 2.05) is 0 Å². The van der Waals surface area contributed by atoms with Crippen LogP contribution in [-0.4, -0.2) is 69.6 Å². The topological polar surface area (TPSA) is 113 Å². The van der Waals surface area contributed by atoms with Crippen LogP contribution in [0.4, 0.5) is 0 Å². The van der Waals surface area contributed by atoms with Gasteiger partial charge in [-0.1, -0.05) is 51.9 Å². The van der Waals surface area contributed by atoms with Gasteiger partial charge in [0.25, 0.3) is 0 Å². The summed E-state index contributed by atoms with van der Waals surface area (Å²) in [6.45, 7) is 2.45. The maximum absolute atomic E-state index is 9.69. The van der Waals surface area contributed by atoms with Crippen molar-refractivity contribution in [3.8, 4) is 0 Å². The summed E-state index contributed by atoms with van der Waals surface area (Å²) >= 11 is 0. The summed E-state index contributed by atoms with van der Waals surface area (Å²) in [6, 6.07) is 0. The molecule has 0 fully saturated rings. The minimum Gasteiger partial charge on any atom is -0.394 e. The average Bonchev–Trinajstić information content (AvgIpc) is 2.54. The summed E-state index contributed by atoms with van der Waals surface area (Å²) < 4.78 is 0. The number of aliphatic hydroxyl groups excluding tert-OH is 5. The molecule has 0 saturated heterocycles. The first-order valence-corrected chi connectivity index (χ1v) is 8.58. The normalized spacial score (nSPS) is 17.2. The molecule has 0 aliphatic heterocycles. The van der Waals surface area contributed by atoms with Gasteiger partial charge >= 0.3 is 0 Å². The number of aliphatic hydroxyl groups is 5. The summed E-state index contributed by atoms with van der Waals surface area (Å²) in [7, 11) is 0. The van der Waals surface area contributed by atoms with Crippen LogP contribution in [0.1, 0.15) is 58.3 Å². The van der Waals surface area contributed by atoms with E-state index in [0.717, 1.165) is 19.4 Å². The Labute approximate surface area is 134 Å². The van der Waals surface area contributed by atoms with Crippen molar-refractivity contribution in [3.63, 3.8) is 0 Å². The Morgan fingerprint density at radius 2 is 1.23 bits per heavy atom. The molecule has 6 nitrogen and oxygen atoms in total. The fourth-order valence-corrected chi connectivity index (χ4v) is 2.32. The molecule has 0 unspecified atom stereocenters. The van der Waals surface area contributed by atoms with Crippen molar-refractivity contribution < 1.29 is 25.5 Å². The van der Waals surface area contributed by atoms with Gasteiger partial charge in [-0.15, -0.1) is 0 Å². The van der Waals surface area contributed by atoms with Crippen LogP contribution in [0.5, 0.6) is 0 Å². The monoisotopic (exact) mass is 321 g/mol. The highest BCUT2D eigenvalue weighted by Gasteiger charge is 2.29. The molecule has 0 aromatic heterocycles. The minimum absolute atomic E-state index is 0.146. The first kappa shape index (κ1) is 21.8. The van der Waals surface area contributed by atoms with Gasteiger partial charge in [0.15, 0.2) is 0 Å². The van der Waals surface area contributed by atoms with Crippen LogP contribution in [0.15, 0.2) is 0 Å². The zero-order valence-corrected chi connectivity index (χ0v) is 13.8. The molecule has 4 atom stereocenters. The lowest BCUT2D eigenvalue weighted by atomic mass is 10.0. The van der Waals surface area contributed by atoms with Crippen molar-refractivity contribution >= 4 is 0 Å². The molecule has 0 aromatic rings. The van der Waals surface area contributed by atoms with E-state index in [1.165, 1.54) is 38.5 Å². The quantitative estimate of drug-likeness (QED) is 0.239. The molecule has 0 aliphatic carbocycles. The predicted octanol–water partition coefficient (Wildman–Crippen LogP) is 0.153. The Balaban J connectivity index is 3.50. The molecule has 0 aromatic carbocycles. The third-order valence-electron chi connectivity index (χ3n) is 3.89. The Morgan fingerprint density at radius 1 is 0.727 bits per heavy atom. The van der Waals surface area contributed by atoms with Gasteiger partial charge in [0, 0.05) is 6.54 Å². The summed E-state index contributed by atoms with van der Waals surface area (Å²) in [5.41, 5.74) is 0. The van der Waals surface area contributed by atoms with Gasteiger partial charge in [-0.2, -0.15) is 0 Å². The van der Waals surface area contributed by atoms with E-state index in [4.69, 9.17) is 5.11 Å². The number of rotatable bonds is 15. The van der Waals surface area contributed by atoms with Gasteiger partial charge in [-0.05, 0) is 13.0 Å². The molecule has 0 rings (SSSR count). The van der Waals surface area contributed by atoms with Crippen LogP contribution in [-0.2, 0) is 0 Å². The molecular weight excluding hydrogens is 286 g/mol. The number of unbranched alkanes of at least 4 members (excludes halogenated alkanes) is 7. The first-order chi connectivity index (χ1) is 10.5.